The predicted molar refractivity (Wildman–Crippen MR) is 169 cm³/mol. The van der Waals surface area contributed by atoms with Crippen molar-refractivity contribution in [3.05, 3.63) is 48.1 Å². The average Bonchev–Trinajstić information content (AvgIpc) is 2.95. The second-order valence-corrected chi connectivity index (χ2v) is 13.8. The van der Waals surface area contributed by atoms with Crippen molar-refractivity contribution in [2.45, 2.75) is 136 Å². The van der Waals surface area contributed by atoms with Crippen molar-refractivity contribution in [1.82, 2.24) is 0 Å². The Morgan fingerprint density at radius 2 is 1.87 bits per heavy atom. The molecule has 2 N–H and O–H groups in total. The Morgan fingerprint density at radius 3 is 2.53 bits per heavy atom. The van der Waals surface area contributed by atoms with E-state index in [0.717, 1.165) is 42.1 Å². The molecule has 38 heavy (non-hydrogen) atoms. The van der Waals surface area contributed by atoms with E-state index in [2.05, 4.69) is 57.7 Å². The molecule has 0 bridgehead atoms. The number of unbranched alkanes of at least 4 members (excludes halogenated alkanes) is 1. The van der Waals surface area contributed by atoms with Crippen LogP contribution in [-0.2, 0) is 0 Å². The zero-order valence-corrected chi connectivity index (χ0v) is 25.6. The van der Waals surface area contributed by atoms with Crippen LogP contribution < -0.4 is 5.73 Å². The highest BCUT2D eigenvalue weighted by atomic mass is 14.5. The smallest absolute Gasteiger partial charge is 0.00773 e. The summed E-state index contributed by atoms with van der Waals surface area (Å²) < 4.78 is 0. The van der Waals surface area contributed by atoms with Crippen LogP contribution in [0.5, 0.6) is 0 Å². The normalized spacial score (nSPS) is 26.4. The Balaban J connectivity index is 1.51. The first kappa shape index (κ1) is 31.4. The maximum Gasteiger partial charge on any atom is -0.00773 e. The third kappa shape index (κ3) is 10.8. The Kier molecular flexibility index (Phi) is 14.5. The molecule has 0 aromatic carbocycles. The molecule has 1 fully saturated rings. The van der Waals surface area contributed by atoms with Gasteiger partial charge in [-0.05, 0) is 119 Å². The number of nitrogens with two attached hydrogens (primary N) is 1. The van der Waals surface area contributed by atoms with Crippen molar-refractivity contribution >= 4 is 0 Å². The summed E-state index contributed by atoms with van der Waals surface area (Å²) in [7, 11) is 0. The molecule has 1 nitrogen and oxygen atoms in total. The Hall–Kier alpha value is -1.08. The van der Waals surface area contributed by atoms with Crippen molar-refractivity contribution in [3.8, 4) is 0 Å². The van der Waals surface area contributed by atoms with Gasteiger partial charge in [-0.3, -0.25) is 0 Å². The third-order valence-electron chi connectivity index (χ3n) is 10.6. The molecule has 1 heteroatoms. The average molecular weight is 522 g/mol. The molecule has 0 saturated heterocycles. The predicted octanol–water partition coefficient (Wildman–Crippen LogP) is 11.0. The van der Waals surface area contributed by atoms with Gasteiger partial charge in [0.25, 0.3) is 0 Å². The van der Waals surface area contributed by atoms with Crippen LogP contribution in [0.15, 0.2) is 48.1 Å². The summed E-state index contributed by atoms with van der Waals surface area (Å²) in [6, 6.07) is 0. The van der Waals surface area contributed by atoms with Crippen LogP contribution in [-0.4, -0.2) is 6.54 Å². The molecule has 0 aliphatic heterocycles. The lowest BCUT2D eigenvalue weighted by Gasteiger charge is -2.31. The monoisotopic (exact) mass is 521 g/mol. The van der Waals surface area contributed by atoms with Crippen LogP contribution in [0.1, 0.15) is 136 Å². The second-order valence-electron chi connectivity index (χ2n) is 13.8. The zero-order valence-electron chi connectivity index (χ0n) is 25.6. The van der Waals surface area contributed by atoms with E-state index in [-0.39, 0.29) is 0 Å². The lowest BCUT2D eigenvalue weighted by molar-refractivity contribution is 0.259. The van der Waals surface area contributed by atoms with Gasteiger partial charge in [0, 0.05) is 0 Å². The van der Waals surface area contributed by atoms with Crippen LogP contribution in [0.2, 0.25) is 0 Å². The largest absolute Gasteiger partial charge is 0.330 e. The van der Waals surface area contributed by atoms with Crippen LogP contribution in [0, 0.1) is 41.4 Å². The number of hydrogen-bond acceptors (Lipinski definition) is 1. The van der Waals surface area contributed by atoms with E-state index in [1.807, 2.05) is 0 Å². The van der Waals surface area contributed by atoms with Gasteiger partial charge in [-0.1, -0.05) is 114 Å². The van der Waals surface area contributed by atoms with Gasteiger partial charge in [0.15, 0.2) is 0 Å². The van der Waals surface area contributed by atoms with Crippen LogP contribution >= 0.6 is 0 Å². The van der Waals surface area contributed by atoms with Gasteiger partial charge in [-0.15, -0.1) is 0 Å². The van der Waals surface area contributed by atoms with E-state index < -0.39 is 0 Å². The SMILES string of the molecule is C=C/C(=C\CC(C)C1CCCCC1)C[C@@H](C)[C@@H](CCCCN)CC(C)CC1=CC[C@H](C2C=CCCC2)CC1. The van der Waals surface area contributed by atoms with E-state index in [1.54, 1.807) is 5.57 Å². The first-order valence-corrected chi connectivity index (χ1v) is 16.9. The number of hydrogen-bond donors (Lipinski definition) is 1. The van der Waals surface area contributed by atoms with E-state index in [4.69, 9.17) is 5.73 Å². The Labute approximate surface area is 237 Å². The fraction of sp³-hybridized carbons (Fsp3) is 0.784. The standard InChI is InChI=1S/C37H63N/c1-5-32(20-19-30(3)34-14-8-6-9-15-34)28-31(4)37(18-12-13-25-38)27-29(2)26-33-21-23-36(24-22-33)35-16-10-7-11-17-35/h5,10,16,20-21,29-31,34-37H,1,6-9,11-15,17-19,22-28,38H2,2-4H3/b32-20+/t29?,30?,31-,35?,36+,37+/m1/s1. The Bertz CT molecular complexity index is 751. The van der Waals surface area contributed by atoms with Crippen LogP contribution in [0.25, 0.3) is 0 Å². The molecule has 1 saturated carbocycles. The summed E-state index contributed by atoms with van der Waals surface area (Å²) in [4.78, 5) is 0. The van der Waals surface area contributed by atoms with Gasteiger partial charge in [0.2, 0.25) is 0 Å². The molecule has 0 spiro atoms. The van der Waals surface area contributed by atoms with Gasteiger partial charge in [0.05, 0.1) is 0 Å². The molecule has 3 aliphatic carbocycles. The molecular formula is C37H63N. The lowest BCUT2D eigenvalue weighted by Crippen LogP contribution is -2.19. The molecule has 0 radical (unpaired) electrons. The van der Waals surface area contributed by atoms with Crippen molar-refractivity contribution in [3.63, 3.8) is 0 Å². The van der Waals surface area contributed by atoms with Crippen LogP contribution in [0.4, 0.5) is 0 Å². The lowest BCUT2D eigenvalue weighted by atomic mass is 9.74. The maximum atomic E-state index is 5.88. The zero-order chi connectivity index (χ0) is 27.2. The molecule has 0 aromatic heterocycles. The molecule has 3 rings (SSSR count). The van der Waals surface area contributed by atoms with E-state index in [1.165, 1.54) is 121 Å². The third-order valence-corrected chi connectivity index (χ3v) is 10.6. The molecule has 0 amide bonds. The quantitative estimate of drug-likeness (QED) is 0.122. The summed E-state index contributed by atoms with van der Waals surface area (Å²) in [5, 5.41) is 0. The van der Waals surface area contributed by atoms with Gasteiger partial charge in [0.1, 0.15) is 0 Å². The summed E-state index contributed by atoms with van der Waals surface area (Å²) in [6.07, 6.45) is 36.7. The summed E-state index contributed by atoms with van der Waals surface area (Å²) in [5.74, 6) is 5.80. The van der Waals surface area contributed by atoms with Crippen molar-refractivity contribution < 1.29 is 0 Å². The van der Waals surface area contributed by atoms with E-state index in [9.17, 15) is 0 Å². The highest BCUT2D eigenvalue weighted by Gasteiger charge is 2.25. The Morgan fingerprint density at radius 1 is 1.05 bits per heavy atom. The van der Waals surface area contributed by atoms with Crippen LogP contribution in [0.3, 0.4) is 0 Å². The minimum atomic E-state index is 0.715. The van der Waals surface area contributed by atoms with Gasteiger partial charge in [-0.2, -0.15) is 0 Å². The van der Waals surface area contributed by atoms with E-state index >= 15 is 0 Å². The minimum absolute atomic E-state index is 0.715. The fourth-order valence-electron chi connectivity index (χ4n) is 7.97. The maximum absolute atomic E-state index is 5.88. The molecule has 3 aliphatic rings. The molecule has 0 heterocycles. The first-order valence-electron chi connectivity index (χ1n) is 16.9. The van der Waals surface area contributed by atoms with Gasteiger partial charge in [-0.25, -0.2) is 0 Å². The van der Waals surface area contributed by atoms with Crippen molar-refractivity contribution in [2.75, 3.05) is 6.54 Å². The number of allylic oxidation sites excluding steroid dienone is 7. The van der Waals surface area contributed by atoms with E-state index in [0.29, 0.717) is 5.92 Å². The summed E-state index contributed by atoms with van der Waals surface area (Å²) in [6.45, 7) is 12.6. The highest BCUT2D eigenvalue weighted by molar-refractivity contribution is 5.17. The fourth-order valence-corrected chi connectivity index (χ4v) is 7.97. The highest BCUT2D eigenvalue weighted by Crippen LogP contribution is 2.38. The molecule has 6 atom stereocenters. The topological polar surface area (TPSA) is 26.0 Å². The summed E-state index contributed by atoms with van der Waals surface area (Å²) in [5.41, 5.74) is 9.13. The molecule has 0 aromatic rings. The first-order chi connectivity index (χ1) is 18.5. The van der Waals surface area contributed by atoms with Crippen molar-refractivity contribution in [2.24, 2.45) is 47.2 Å². The van der Waals surface area contributed by atoms with Gasteiger partial charge >= 0.3 is 0 Å². The summed E-state index contributed by atoms with van der Waals surface area (Å²) >= 11 is 0. The van der Waals surface area contributed by atoms with Crippen molar-refractivity contribution in [1.29, 1.82) is 0 Å². The van der Waals surface area contributed by atoms with Gasteiger partial charge < -0.3 is 5.73 Å². The minimum Gasteiger partial charge on any atom is -0.330 e. The second kappa shape index (κ2) is 17.6. The molecule has 216 valence electrons. The molecule has 3 unspecified atom stereocenters. The number of rotatable bonds is 16. The molecular weight excluding hydrogens is 458 g/mol.